The van der Waals surface area contributed by atoms with Gasteiger partial charge in [0.25, 0.3) is 0 Å². The van der Waals surface area contributed by atoms with E-state index in [1.165, 1.54) is 12.3 Å². The fourth-order valence-corrected chi connectivity index (χ4v) is 2.51. The van der Waals surface area contributed by atoms with Gasteiger partial charge in [-0.25, -0.2) is 4.79 Å². The monoisotopic (exact) mass is 388 g/mol. The Labute approximate surface area is 160 Å². The highest BCUT2D eigenvalue weighted by molar-refractivity contribution is 6.32. The maximum absolute atomic E-state index is 12.6. The molecule has 0 spiro atoms. The maximum atomic E-state index is 12.6. The molecule has 0 bridgehead atoms. The van der Waals surface area contributed by atoms with E-state index < -0.39 is 5.97 Å². The number of halogens is 1. The van der Waals surface area contributed by atoms with Gasteiger partial charge in [-0.1, -0.05) is 23.7 Å². The topological polar surface area (TPSA) is 75.0 Å². The van der Waals surface area contributed by atoms with E-state index in [-0.39, 0.29) is 23.9 Å². The van der Waals surface area contributed by atoms with E-state index >= 15 is 0 Å². The molecule has 0 saturated heterocycles. The lowest BCUT2D eigenvalue weighted by Gasteiger charge is -2.10. The van der Waals surface area contributed by atoms with Gasteiger partial charge < -0.3 is 18.6 Å². The molecule has 0 aliphatic carbocycles. The van der Waals surface area contributed by atoms with Crippen LogP contribution in [0.25, 0.3) is 11.0 Å². The van der Waals surface area contributed by atoms with Crippen molar-refractivity contribution in [1.82, 2.24) is 0 Å². The largest absolute Gasteiger partial charge is 0.482 e. The Balaban J connectivity index is 1.80. The van der Waals surface area contributed by atoms with Crippen LogP contribution in [-0.4, -0.2) is 18.7 Å². The molecule has 3 aromatic rings. The fourth-order valence-electron chi connectivity index (χ4n) is 2.34. The highest BCUT2D eigenvalue weighted by Gasteiger charge is 2.12. The average molecular weight is 389 g/mol. The van der Waals surface area contributed by atoms with Crippen molar-refractivity contribution in [3.05, 3.63) is 64.0 Å². The molecule has 0 fully saturated rings. The highest BCUT2D eigenvalue weighted by Crippen LogP contribution is 2.28. The first-order valence-corrected chi connectivity index (χ1v) is 8.62. The third-order valence-electron chi connectivity index (χ3n) is 3.49. The molecule has 0 amide bonds. The van der Waals surface area contributed by atoms with E-state index in [0.29, 0.717) is 27.5 Å². The average Bonchev–Trinajstić information content (AvgIpc) is 2.63. The molecule has 0 aliphatic heterocycles. The summed E-state index contributed by atoms with van der Waals surface area (Å²) in [7, 11) is 0. The molecule has 3 rings (SSSR count). The summed E-state index contributed by atoms with van der Waals surface area (Å²) in [6, 6.07) is 11.5. The molecule has 7 heteroatoms. The molecule has 1 aromatic heterocycles. The summed E-state index contributed by atoms with van der Waals surface area (Å²) in [4.78, 5) is 24.1. The Morgan fingerprint density at radius 1 is 1.15 bits per heavy atom. The third kappa shape index (κ3) is 4.60. The van der Waals surface area contributed by atoms with Crippen molar-refractivity contribution < 1.29 is 23.4 Å². The van der Waals surface area contributed by atoms with Gasteiger partial charge in [-0.15, -0.1) is 0 Å². The Morgan fingerprint density at radius 3 is 2.67 bits per heavy atom. The van der Waals surface area contributed by atoms with Crippen molar-refractivity contribution in [2.75, 3.05) is 6.61 Å². The minimum atomic E-state index is -0.477. The number of esters is 1. The predicted octanol–water partition coefficient (Wildman–Crippen LogP) is 4.57. The van der Waals surface area contributed by atoms with E-state index in [4.69, 9.17) is 30.2 Å². The first-order valence-electron chi connectivity index (χ1n) is 8.24. The van der Waals surface area contributed by atoms with Gasteiger partial charge in [0.15, 0.2) is 6.61 Å². The van der Waals surface area contributed by atoms with Crippen LogP contribution in [0.4, 0.5) is 0 Å². The first-order chi connectivity index (χ1) is 12.9. The van der Waals surface area contributed by atoms with Crippen molar-refractivity contribution in [2.45, 2.75) is 20.0 Å². The highest BCUT2D eigenvalue weighted by atomic mass is 35.5. The van der Waals surface area contributed by atoms with Crippen molar-refractivity contribution in [1.29, 1.82) is 0 Å². The van der Waals surface area contributed by atoms with Gasteiger partial charge in [0.2, 0.25) is 11.2 Å². The zero-order valence-corrected chi connectivity index (χ0v) is 15.5. The summed E-state index contributed by atoms with van der Waals surface area (Å²) in [6.45, 7) is 3.28. The van der Waals surface area contributed by atoms with Gasteiger partial charge in [-0.2, -0.15) is 0 Å². The van der Waals surface area contributed by atoms with Crippen LogP contribution in [0.1, 0.15) is 13.8 Å². The lowest BCUT2D eigenvalue weighted by Crippen LogP contribution is -2.18. The van der Waals surface area contributed by atoms with E-state index in [9.17, 15) is 9.59 Å². The van der Waals surface area contributed by atoms with E-state index in [0.717, 1.165) is 0 Å². The van der Waals surface area contributed by atoms with Crippen LogP contribution >= 0.6 is 11.6 Å². The van der Waals surface area contributed by atoms with Crippen molar-refractivity contribution >= 4 is 28.5 Å². The molecule has 0 saturated carbocycles. The molecule has 27 heavy (non-hydrogen) atoms. The second-order valence-corrected chi connectivity index (χ2v) is 6.35. The Bertz CT molecular complexity index is 1020. The molecular weight excluding hydrogens is 372 g/mol. The molecule has 0 atom stereocenters. The van der Waals surface area contributed by atoms with Crippen LogP contribution in [0, 0.1) is 0 Å². The Hall–Kier alpha value is -2.99. The minimum absolute atomic E-state index is 0.0183. The molecule has 0 N–H and O–H groups in total. The summed E-state index contributed by atoms with van der Waals surface area (Å²) in [5.41, 5.74) is -0.0387. The van der Waals surface area contributed by atoms with E-state index in [2.05, 4.69) is 0 Å². The summed E-state index contributed by atoms with van der Waals surface area (Å²) in [6.07, 6.45) is 0.998. The molecule has 0 aliphatic rings. The number of hydrogen-bond donors (Lipinski definition) is 0. The van der Waals surface area contributed by atoms with E-state index in [1.54, 1.807) is 50.2 Å². The summed E-state index contributed by atoms with van der Waals surface area (Å²) >= 11 is 6.05. The predicted molar refractivity (Wildman–Crippen MR) is 101 cm³/mol. The van der Waals surface area contributed by atoms with Crippen LogP contribution in [0.3, 0.4) is 0 Å². The number of benzene rings is 2. The van der Waals surface area contributed by atoms with Gasteiger partial charge in [0.05, 0.1) is 16.5 Å². The lowest BCUT2D eigenvalue weighted by atomic mass is 10.2. The molecule has 0 unspecified atom stereocenters. The number of rotatable bonds is 6. The van der Waals surface area contributed by atoms with Gasteiger partial charge in [0.1, 0.15) is 23.3 Å². The minimum Gasteiger partial charge on any atom is -0.482 e. The Morgan fingerprint density at radius 2 is 1.93 bits per heavy atom. The zero-order valence-electron chi connectivity index (χ0n) is 14.7. The third-order valence-corrected chi connectivity index (χ3v) is 3.81. The van der Waals surface area contributed by atoms with Gasteiger partial charge >= 0.3 is 5.97 Å². The number of ether oxygens (including phenoxy) is 3. The normalized spacial score (nSPS) is 10.8. The fraction of sp³-hybridized carbons (Fsp3) is 0.200. The standard InChI is InChI=1S/C20H17ClO6/c1-12(2)26-19(22)11-24-13-7-8-14-17(9-13)25-10-18(20(14)23)27-16-6-4-3-5-15(16)21/h3-10,12H,11H2,1-2H3. The van der Waals surface area contributed by atoms with Crippen molar-refractivity contribution in [2.24, 2.45) is 0 Å². The van der Waals surface area contributed by atoms with Crippen LogP contribution in [-0.2, 0) is 9.53 Å². The second-order valence-electron chi connectivity index (χ2n) is 5.95. The van der Waals surface area contributed by atoms with Gasteiger partial charge in [-0.3, -0.25) is 4.79 Å². The molecular formula is C20H17ClO6. The van der Waals surface area contributed by atoms with Crippen molar-refractivity contribution in [3.63, 3.8) is 0 Å². The molecule has 1 heterocycles. The molecule has 2 aromatic carbocycles. The number of carbonyl (C=O) groups excluding carboxylic acids is 1. The number of hydrogen-bond acceptors (Lipinski definition) is 6. The van der Waals surface area contributed by atoms with Crippen LogP contribution in [0.5, 0.6) is 17.2 Å². The Kier molecular flexibility index (Phi) is 5.66. The lowest BCUT2D eigenvalue weighted by molar-refractivity contribution is -0.149. The van der Waals surface area contributed by atoms with Crippen LogP contribution in [0.2, 0.25) is 5.02 Å². The van der Waals surface area contributed by atoms with Crippen LogP contribution < -0.4 is 14.9 Å². The van der Waals surface area contributed by atoms with Gasteiger partial charge in [-0.05, 0) is 38.1 Å². The van der Waals surface area contributed by atoms with E-state index in [1.807, 2.05) is 0 Å². The van der Waals surface area contributed by atoms with Crippen molar-refractivity contribution in [3.8, 4) is 17.2 Å². The second kappa shape index (κ2) is 8.14. The smallest absolute Gasteiger partial charge is 0.344 e. The molecule has 6 nitrogen and oxygen atoms in total. The quantitative estimate of drug-likeness (QED) is 0.576. The van der Waals surface area contributed by atoms with Gasteiger partial charge in [0, 0.05) is 6.07 Å². The zero-order chi connectivity index (χ0) is 19.4. The molecule has 140 valence electrons. The summed E-state index contributed by atoms with van der Waals surface area (Å²) in [5.74, 6) is 0.278. The molecule has 0 radical (unpaired) electrons. The first kappa shape index (κ1) is 18.8. The van der Waals surface area contributed by atoms with Crippen LogP contribution in [0.15, 0.2) is 57.9 Å². The summed E-state index contributed by atoms with van der Waals surface area (Å²) in [5, 5.41) is 0.700. The maximum Gasteiger partial charge on any atom is 0.344 e. The SMILES string of the molecule is CC(C)OC(=O)COc1ccc2c(=O)c(Oc3ccccc3Cl)coc2c1. The summed E-state index contributed by atoms with van der Waals surface area (Å²) < 4.78 is 21.4. The number of carbonyl (C=O) groups is 1. The number of fused-ring (bicyclic) bond motifs is 1. The number of para-hydroxylation sites is 1.